The molecule has 1 fully saturated rings. The Morgan fingerprint density at radius 2 is 2.03 bits per heavy atom. The molecule has 0 amide bonds. The van der Waals surface area contributed by atoms with Crippen LogP contribution in [0.25, 0.3) is 16.6 Å². The van der Waals surface area contributed by atoms with Gasteiger partial charge >= 0.3 is 5.97 Å². The summed E-state index contributed by atoms with van der Waals surface area (Å²) >= 11 is 0. The lowest BCUT2D eigenvalue weighted by Gasteiger charge is -2.38. The minimum absolute atomic E-state index is 0.0000478. The molecule has 1 saturated heterocycles. The van der Waals surface area contributed by atoms with Crippen molar-refractivity contribution in [2.75, 3.05) is 20.2 Å². The number of benzene rings is 2. The van der Waals surface area contributed by atoms with Gasteiger partial charge in [-0.2, -0.15) is 0 Å². The van der Waals surface area contributed by atoms with Crippen LogP contribution >= 0.6 is 0 Å². The number of carbonyl (C=O) groups excluding carboxylic acids is 1. The molecule has 7 nitrogen and oxygen atoms in total. The van der Waals surface area contributed by atoms with E-state index in [1.807, 2.05) is 49.4 Å². The normalized spacial score (nSPS) is 21.8. The van der Waals surface area contributed by atoms with Gasteiger partial charge in [0, 0.05) is 29.1 Å². The average molecular weight is 460 g/mol. The average Bonchev–Trinajstić information content (AvgIpc) is 3.28. The first-order valence-corrected chi connectivity index (χ1v) is 11.6. The summed E-state index contributed by atoms with van der Waals surface area (Å²) in [5, 5.41) is 4.46. The molecule has 2 N–H and O–H groups in total. The van der Waals surface area contributed by atoms with Gasteiger partial charge in [0.1, 0.15) is 18.0 Å². The van der Waals surface area contributed by atoms with Crippen LogP contribution in [0.4, 0.5) is 0 Å². The molecule has 1 spiro atoms. The molecule has 1 aromatic heterocycles. The Labute approximate surface area is 199 Å². The minimum atomic E-state index is -0.524. The largest absolute Gasteiger partial charge is 0.489 e. The molecule has 3 heterocycles. The quantitative estimate of drug-likeness (QED) is 0.541. The van der Waals surface area contributed by atoms with Crippen molar-refractivity contribution in [3.8, 4) is 5.75 Å². The second-order valence-electron chi connectivity index (χ2n) is 8.90. The highest BCUT2D eigenvalue weighted by Crippen LogP contribution is 2.38. The molecule has 176 valence electrons. The number of hydrogen-bond donors (Lipinski definition) is 2. The van der Waals surface area contributed by atoms with Crippen LogP contribution in [0, 0.1) is 12.8 Å². The number of hydroxylamine groups is 1. The monoisotopic (exact) mass is 459 g/mol. The first-order chi connectivity index (χ1) is 16.6. The number of fused-ring (bicyclic) bond motifs is 1. The number of piperidine rings is 1. The Kier molecular flexibility index (Phi) is 6.22. The molecule has 0 radical (unpaired) electrons. The molecule has 2 aliphatic heterocycles. The number of nitrogens with zero attached hydrogens (tertiary/aromatic N) is 1. The van der Waals surface area contributed by atoms with Gasteiger partial charge < -0.3 is 14.8 Å². The van der Waals surface area contributed by atoms with Gasteiger partial charge in [-0.1, -0.05) is 18.2 Å². The number of carbonyl (C=O) groups is 1. The Bertz CT molecular complexity index is 1220. The molecule has 2 aliphatic rings. The molecule has 0 bridgehead atoms. The highest BCUT2D eigenvalue weighted by atomic mass is 16.7. The summed E-state index contributed by atoms with van der Waals surface area (Å²) in [5.41, 5.74) is 7.55. The lowest BCUT2D eigenvalue weighted by molar-refractivity contribution is -0.147. The lowest BCUT2D eigenvalue weighted by Crippen LogP contribution is -2.51. The first-order valence-electron chi connectivity index (χ1n) is 11.6. The molecule has 34 heavy (non-hydrogen) atoms. The van der Waals surface area contributed by atoms with Gasteiger partial charge in [-0.25, -0.2) is 0 Å². The SMILES string of the molecule is COC(=O)CC1CNCCC12C=C(c1ccc(OCc3cc(C)nc4ccccc34)cc1)NO2. The van der Waals surface area contributed by atoms with E-state index in [4.69, 9.17) is 14.3 Å². The summed E-state index contributed by atoms with van der Waals surface area (Å²) in [6.07, 6.45) is 3.21. The van der Waals surface area contributed by atoms with Crippen molar-refractivity contribution in [3.05, 3.63) is 77.5 Å². The first kappa shape index (κ1) is 22.4. The highest BCUT2D eigenvalue weighted by Gasteiger charge is 2.45. The summed E-state index contributed by atoms with van der Waals surface area (Å²) in [7, 11) is 1.42. The number of hydrogen-bond acceptors (Lipinski definition) is 7. The number of esters is 1. The van der Waals surface area contributed by atoms with E-state index in [9.17, 15) is 4.79 Å². The summed E-state index contributed by atoms with van der Waals surface area (Å²) in [6.45, 7) is 4.01. The summed E-state index contributed by atoms with van der Waals surface area (Å²) in [4.78, 5) is 22.6. The van der Waals surface area contributed by atoms with Crippen molar-refractivity contribution in [3.63, 3.8) is 0 Å². The highest BCUT2D eigenvalue weighted by molar-refractivity contribution is 5.82. The minimum Gasteiger partial charge on any atom is -0.489 e. The Morgan fingerprint density at radius 3 is 2.85 bits per heavy atom. The second kappa shape index (κ2) is 9.44. The number of para-hydroxylation sites is 1. The van der Waals surface area contributed by atoms with E-state index in [0.29, 0.717) is 19.6 Å². The van der Waals surface area contributed by atoms with Crippen molar-refractivity contribution in [2.45, 2.75) is 32.0 Å². The fourth-order valence-corrected chi connectivity index (χ4v) is 4.79. The van der Waals surface area contributed by atoms with E-state index in [0.717, 1.165) is 52.1 Å². The zero-order valence-corrected chi connectivity index (χ0v) is 19.5. The van der Waals surface area contributed by atoms with Crippen molar-refractivity contribution in [2.24, 2.45) is 5.92 Å². The third kappa shape index (κ3) is 4.49. The molecule has 3 aromatic rings. The fraction of sp³-hybridized carbons (Fsp3) is 0.333. The molecular weight excluding hydrogens is 430 g/mol. The smallest absolute Gasteiger partial charge is 0.305 e. The number of aromatic nitrogens is 1. The van der Waals surface area contributed by atoms with E-state index in [1.54, 1.807) is 0 Å². The fourth-order valence-electron chi connectivity index (χ4n) is 4.79. The number of ether oxygens (including phenoxy) is 2. The van der Waals surface area contributed by atoms with Crippen LogP contribution in [0.15, 0.2) is 60.7 Å². The van der Waals surface area contributed by atoms with Crippen LogP contribution in [0.5, 0.6) is 5.75 Å². The summed E-state index contributed by atoms with van der Waals surface area (Å²) in [6, 6.07) is 18.2. The molecule has 2 unspecified atom stereocenters. The van der Waals surface area contributed by atoms with Crippen LogP contribution in [-0.2, 0) is 21.0 Å². The Balaban J connectivity index is 1.30. The standard InChI is InChI=1S/C27H29N3O4/c1-18-13-20(23-5-3-4-6-24(23)29-18)17-33-22-9-7-19(8-10-22)25-15-27(34-30-25)11-12-28-16-21(27)14-26(31)32-2/h3-10,13,15,21,28,30H,11-12,14,16-17H2,1-2H3. The number of nitrogens with one attached hydrogen (secondary N) is 2. The molecule has 2 aromatic carbocycles. The maximum atomic E-state index is 11.9. The molecule has 5 rings (SSSR count). The van der Waals surface area contributed by atoms with Gasteiger partial charge in [0.15, 0.2) is 0 Å². The van der Waals surface area contributed by atoms with E-state index in [-0.39, 0.29) is 11.9 Å². The predicted molar refractivity (Wildman–Crippen MR) is 130 cm³/mol. The van der Waals surface area contributed by atoms with Crippen molar-refractivity contribution in [1.82, 2.24) is 15.8 Å². The van der Waals surface area contributed by atoms with Crippen molar-refractivity contribution in [1.29, 1.82) is 0 Å². The molecule has 2 atom stereocenters. The summed E-state index contributed by atoms with van der Waals surface area (Å²) in [5.74, 6) is 0.569. The lowest BCUT2D eigenvalue weighted by atomic mass is 9.79. The van der Waals surface area contributed by atoms with Gasteiger partial charge in [0.2, 0.25) is 0 Å². The van der Waals surface area contributed by atoms with Gasteiger partial charge in [0.25, 0.3) is 0 Å². The predicted octanol–water partition coefficient (Wildman–Crippen LogP) is 3.91. The van der Waals surface area contributed by atoms with Gasteiger partial charge in [-0.15, -0.1) is 0 Å². The van der Waals surface area contributed by atoms with E-state index < -0.39 is 5.60 Å². The van der Waals surface area contributed by atoms with Gasteiger partial charge in [-0.3, -0.25) is 20.1 Å². The van der Waals surface area contributed by atoms with Crippen LogP contribution < -0.4 is 15.5 Å². The van der Waals surface area contributed by atoms with Crippen molar-refractivity contribution < 1.29 is 19.1 Å². The third-order valence-electron chi connectivity index (χ3n) is 6.64. The number of aryl methyl sites for hydroxylation is 1. The second-order valence-corrected chi connectivity index (χ2v) is 8.90. The van der Waals surface area contributed by atoms with Crippen LogP contribution in [0.2, 0.25) is 0 Å². The molecule has 0 aliphatic carbocycles. The molecule has 0 saturated carbocycles. The van der Waals surface area contributed by atoms with Gasteiger partial charge in [-0.05, 0) is 67.9 Å². The van der Waals surface area contributed by atoms with Crippen LogP contribution in [0.3, 0.4) is 0 Å². The van der Waals surface area contributed by atoms with Crippen LogP contribution in [0.1, 0.15) is 29.7 Å². The van der Waals surface area contributed by atoms with E-state index in [1.165, 1.54) is 7.11 Å². The maximum absolute atomic E-state index is 11.9. The third-order valence-corrected chi connectivity index (χ3v) is 6.64. The summed E-state index contributed by atoms with van der Waals surface area (Å²) < 4.78 is 11.0. The molecular formula is C27H29N3O4. The number of pyridine rings is 1. The zero-order valence-electron chi connectivity index (χ0n) is 19.5. The number of methoxy groups -OCH3 is 1. The van der Waals surface area contributed by atoms with Gasteiger partial charge in [0.05, 0.1) is 24.7 Å². The van der Waals surface area contributed by atoms with E-state index >= 15 is 0 Å². The molecule has 7 heteroatoms. The van der Waals surface area contributed by atoms with E-state index in [2.05, 4.69) is 34.0 Å². The van der Waals surface area contributed by atoms with Crippen LogP contribution in [-0.4, -0.2) is 36.8 Å². The Hall–Kier alpha value is -3.42. The zero-order chi connectivity index (χ0) is 23.5. The van der Waals surface area contributed by atoms with Crippen molar-refractivity contribution >= 4 is 22.6 Å². The number of rotatable bonds is 6. The topological polar surface area (TPSA) is 81.7 Å². The maximum Gasteiger partial charge on any atom is 0.305 e. The Morgan fingerprint density at radius 1 is 1.21 bits per heavy atom.